The largest absolute Gasteiger partial charge is 0.435 e. The molecule has 1 N–H and O–H groups in total. The molecule has 3 aliphatic rings. The number of hydrogen-bond acceptors (Lipinski definition) is 3. The molecule has 1 spiro atoms. The van der Waals surface area contributed by atoms with E-state index in [2.05, 4.69) is 4.74 Å². The topological polar surface area (TPSA) is 49.8 Å². The normalized spacial score (nSPS) is 31.7. The van der Waals surface area contributed by atoms with Gasteiger partial charge < -0.3 is 14.7 Å². The van der Waals surface area contributed by atoms with Gasteiger partial charge in [-0.3, -0.25) is 4.79 Å². The molecule has 0 radical (unpaired) electrons. The van der Waals surface area contributed by atoms with E-state index in [0.717, 1.165) is 37.9 Å². The molecular weight excluding hydrogens is 352 g/mol. The van der Waals surface area contributed by atoms with Crippen molar-refractivity contribution in [3.8, 4) is 5.75 Å². The van der Waals surface area contributed by atoms with Crippen molar-refractivity contribution in [1.82, 2.24) is 4.90 Å². The molecule has 1 heterocycles. The molecule has 2 saturated carbocycles. The van der Waals surface area contributed by atoms with E-state index in [9.17, 15) is 18.7 Å². The third-order valence-corrected chi connectivity index (χ3v) is 6.67. The fourth-order valence-electron chi connectivity index (χ4n) is 5.29. The lowest BCUT2D eigenvalue weighted by Crippen LogP contribution is -2.61. The van der Waals surface area contributed by atoms with Crippen molar-refractivity contribution < 1.29 is 23.4 Å². The van der Waals surface area contributed by atoms with E-state index < -0.39 is 12.2 Å². The van der Waals surface area contributed by atoms with Gasteiger partial charge in [0.15, 0.2) is 0 Å². The molecule has 4 rings (SSSR count). The van der Waals surface area contributed by atoms with Gasteiger partial charge in [0, 0.05) is 24.4 Å². The average molecular weight is 379 g/mol. The molecule has 1 aliphatic heterocycles. The Balaban J connectivity index is 1.33. The van der Waals surface area contributed by atoms with E-state index in [1.165, 1.54) is 5.56 Å². The van der Waals surface area contributed by atoms with Crippen molar-refractivity contribution in [3.05, 3.63) is 29.3 Å². The predicted molar refractivity (Wildman–Crippen MR) is 96.8 cm³/mol. The van der Waals surface area contributed by atoms with Crippen LogP contribution in [0.3, 0.4) is 0 Å². The average Bonchev–Trinajstić information content (AvgIpc) is 2.97. The summed E-state index contributed by atoms with van der Waals surface area (Å²) in [6, 6.07) is 5.49. The SMILES string of the molecule is Cc1cc([C@H]2CCC3(C2)CN(C(=O)C2CC(C)(O)C2)C3)ccc1OC(F)F. The number of nitrogens with zero attached hydrogens (tertiary/aromatic N) is 1. The fraction of sp³-hybridized carbons (Fsp3) is 0.667. The molecular formula is C21H27F2NO3. The molecule has 148 valence electrons. The standard InChI is InChI=1S/C21H27F2NO3/c1-13-7-14(3-4-17(13)27-19(22)23)15-5-6-21(10-15)11-24(12-21)18(25)16-8-20(2,26)9-16/h3-4,7,15-16,19,26H,5-6,8-12H2,1-2H3/t15-,16?,20?/m0/s1. The quantitative estimate of drug-likeness (QED) is 0.864. The Morgan fingerprint density at radius 3 is 2.59 bits per heavy atom. The second kappa shape index (κ2) is 6.43. The van der Waals surface area contributed by atoms with Crippen LogP contribution in [0.2, 0.25) is 0 Å². The second-order valence-electron chi connectivity index (χ2n) is 9.14. The van der Waals surface area contributed by atoms with Crippen LogP contribution >= 0.6 is 0 Å². The van der Waals surface area contributed by atoms with Crippen molar-refractivity contribution in [2.75, 3.05) is 13.1 Å². The van der Waals surface area contributed by atoms with Gasteiger partial charge in [-0.05, 0) is 69.1 Å². The summed E-state index contributed by atoms with van der Waals surface area (Å²) >= 11 is 0. The molecule has 1 atom stereocenters. The fourth-order valence-corrected chi connectivity index (χ4v) is 5.29. The van der Waals surface area contributed by atoms with Crippen LogP contribution in [0, 0.1) is 18.3 Å². The zero-order valence-electron chi connectivity index (χ0n) is 15.9. The minimum Gasteiger partial charge on any atom is -0.435 e. The molecule has 3 fully saturated rings. The number of carbonyl (C=O) groups excluding carboxylic acids is 1. The molecule has 2 aliphatic carbocycles. The summed E-state index contributed by atoms with van der Waals surface area (Å²) < 4.78 is 29.4. The highest BCUT2D eigenvalue weighted by molar-refractivity contribution is 5.81. The molecule has 0 bridgehead atoms. The molecule has 1 amide bonds. The number of likely N-dealkylation sites (tertiary alicyclic amines) is 1. The van der Waals surface area contributed by atoms with Crippen LogP contribution in [0.1, 0.15) is 56.1 Å². The molecule has 0 aromatic heterocycles. The predicted octanol–water partition coefficient (Wildman–Crippen LogP) is 3.85. The molecule has 1 aromatic rings. The van der Waals surface area contributed by atoms with Crippen molar-refractivity contribution in [3.63, 3.8) is 0 Å². The van der Waals surface area contributed by atoms with E-state index >= 15 is 0 Å². The van der Waals surface area contributed by atoms with Crippen molar-refractivity contribution in [1.29, 1.82) is 0 Å². The van der Waals surface area contributed by atoms with Gasteiger partial charge in [0.05, 0.1) is 5.60 Å². The zero-order chi connectivity index (χ0) is 19.4. The van der Waals surface area contributed by atoms with E-state index in [4.69, 9.17) is 0 Å². The smallest absolute Gasteiger partial charge is 0.387 e. The molecule has 1 saturated heterocycles. The number of carbonyl (C=O) groups is 1. The van der Waals surface area contributed by atoms with Crippen molar-refractivity contribution in [2.24, 2.45) is 11.3 Å². The van der Waals surface area contributed by atoms with Crippen LogP contribution < -0.4 is 4.74 Å². The summed E-state index contributed by atoms with van der Waals surface area (Å²) in [5.41, 5.74) is 1.44. The third kappa shape index (κ3) is 3.56. The van der Waals surface area contributed by atoms with E-state index in [0.29, 0.717) is 18.8 Å². The summed E-state index contributed by atoms with van der Waals surface area (Å²) in [5, 5.41) is 9.84. The first-order valence-electron chi connectivity index (χ1n) is 9.73. The van der Waals surface area contributed by atoms with Gasteiger partial charge in [-0.1, -0.05) is 12.1 Å². The number of halogens is 2. The number of ether oxygens (including phenoxy) is 1. The zero-order valence-corrected chi connectivity index (χ0v) is 15.9. The van der Waals surface area contributed by atoms with Crippen LogP contribution in [0.25, 0.3) is 0 Å². The third-order valence-electron chi connectivity index (χ3n) is 6.67. The number of hydrogen-bond donors (Lipinski definition) is 1. The van der Waals surface area contributed by atoms with Crippen LogP contribution in [-0.4, -0.2) is 41.2 Å². The number of benzene rings is 1. The first-order valence-corrected chi connectivity index (χ1v) is 9.73. The molecule has 1 aromatic carbocycles. The highest BCUT2D eigenvalue weighted by atomic mass is 19.3. The summed E-state index contributed by atoms with van der Waals surface area (Å²) in [4.78, 5) is 14.4. The Kier molecular flexibility index (Phi) is 4.45. The summed E-state index contributed by atoms with van der Waals surface area (Å²) in [5.74, 6) is 0.823. The van der Waals surface area contributed by atoms with E-state index in [1.54, 1.807) is 19.9 Å². The molecule has 27 heavy (non-hydrogen) atoms. The van der Waals surface area contributed by atoms with Crippen LogP contribution in [0.5, 0.6) is 5.75 Å². The lowest BCUT2D eigenvalue weighted by atomic mass is 9.69. The van der Waals surface area contributed by atoms with E-state index in [-0.39, 0.29) is 23.0 Å². The number of aryl methyl sites for hydroxylation is 1. The van der Waals surface area contributed by atoms with Gasteiger partial charge in [0.2, 0.25) is 5.91 Å². The van der Waals surface area contributed by atoms with Crippen molar-refractivity contribution >= 4 is 5.91 Å². The number of amides is 1. The Labute approximate surface area is 158 Å². The van der Waals surface area contributed by atoms with Crippen LogP contribution in [0.4, 0.5) is 8.78 Å². The van der Waals surface area contributed by atoms with Crippen molar-refractivity contribution in [2.45, 2.75) is 64.1 Å². The first kappa shape index (κ1) is 18.7. The molecule has 6 heteroatoms. The Morgan fingerprint density at radius 1 is 1.30 bits per heavy atom. The van der Waals surface area contributed by atoms with Gasteiger partial charge in [-0.25, -0.2) is 0 Å². The summed E-state index contributed by atoms with van der Waals surface area (Å²) in [7, 11) is 0. The Hall–Kier alpha value is -1.69. The Bertz CT molecular complexity index is 735. The second-order valence-corrected chi connectivity index (χ2v) is 9.14. The summed E-state index contributed by atoms with van der Waals surface area (Å²) in [6.07, 6.45) is 4.34. The Morgan fingerprint density at radius 2 is 2.00 bits per heavy atom. The minimum absolute atomic E-state index is 0.0143. The highest BCUT2D eigenvalue weighted by Gasteiger charge is 2.53. The highest BCUT2D eigenvalue weighted by Crippen LogP contribution is 2.53. The monoisotopic (exact) mass is 379 g/mol. The minimum atomic E-state index is -2.80. The lowest BCUT2D eigenvalue weighted by Gasteiger charge is -2.52. The van der Waals surface area contributed by atoms with Gasteiger partial charge in [-0.2, -0.15) is 8.78 Å². The van der Waals surface area contributed by atoms with Gasteiger partial charge >= 0.3 is 6.61 Å². The number of alkyl halides is 2. The molecule has 0 unspecified atom stereocenters. The maximum Gasteiger partial charge on any atom is 0.387 e. The lowest BCUT2D eigenvalue weighted by molar-refractivity contribution is -0.161. The van der Waals surface area contributed by atoms with Crippen LogP contribution in [0.15, 0.2) is 18.2 Å². The number of aliphatic hydroxyl groups is 1. The maximum atomic E-state index is 12.5. The summed E-state index contributed by atoms with van der Waals surface area (Å²) in [6.45, 7) is 2.40. The first-order chi connectivity index (χ1) is 12.7. The van der Waals surface area contributed by atoms with Gasteiger partial charge in [-0.15, -0.1) is 0 Å². The molecule has 4 nitrogen and oxygen atoms in total. The maximum absolute atomic E-state index is 12.5. The van der Waals surface area contributed by atoms with Crippen LogP contribution in [-0.2, 0) is 4.79 Å². The van der Waals surface area contributed by atoms with Gasteiger partial charge in [0.1, 0.15) is 5.75 Å². The number of rotatable bonds is 4. The van der Waals surface area contributed by atoms with E-state index in [1.807, 2.05) is 17.0 Å². The van der Waals surface area contributed by atoms with Gasteiger partial charge in [0.25, 0.3) is 0 Å².